The summed E-state index contributed by atoms with van der Waals surface area (Å²) in [5.41, 5.74) is 3.20. The van der Waals surface area contributed by atoms with Crippen molar-refractivity contribution >= 4 is 21.4 Å². The van der Waals surface area contributed by atoms with E-state index in [4.69, 9.17) is 4.74 Å². The first-order valence-corrected chi connectivity index (χ1v) is 12.1. The fourth-order valence-electron chi connectivity index (χ4n) is 3.54. The maximum absolute atomic E-state index is 12.9. The summed E-state index contributed by atoms with van der Waals surface area (Å²) in [4.78, 5) is 2.57. The minimum atomic E-state index is -3.59. The lowest BCUT2D eigenvalue weighted by Crippen LogP contribution is -2.43. The minimum Gasteiger partial charge on any atom is -0.379 e. The molecule has 0 saturated carbocycles. The van der Waals surface area contributed by atoms with Crippen molar-refractivity contribution in [2.24, 2.45) is 0 Å². The number of sulfonamides is 1. The number of rotatable bonds is 7. The molecule has 2 aromatic carbocycles. The summed E-state index contributed by atoms with van der Waals surface area (Å²) in [6.07, 6.45) is 0. The molecule has 4 rings (SSSR count). The number of morpholine rings is 1. The summed E-state index contributed by atoms with van der Waals surface area (Å²) < 4.78 is 34.0. The number of nitrogens with zero attached hydrogens (tertiary/aromatic N) is 1. The Labute approximate surface area is 176 Å². The Morgan fingerprint density at radius 1 is 0.966 bits per heavy atom. The molecule has 1 saturated heterocycles. The number of hydrogen-bond acceptors (Lipinski definition) is 5. The fourth-order valence-corrected chi connectivity index (χ4v) is 5.29. The van der Waals surface area contributed by atoms with E-state index >= 15 is 0 Å². The first-order valence-electron chi connectivity index (χ1n) is 9.62. The summed E-state index contributed by atoms with van der Waals surface area (Å²) in [6.45, 7) is 3.28. The van der Waals surface area contributed by atoms with E-state index in [2.05, 4.69) is 21.1 Å². The maximum Gasteiger partial charge on any atom is 0.240 e. The molecule has 3 aromatic rings. The van der Waals surface area contributed by atoms with Crippen molar-refractivity contribution in [1.82, 2.24) is 9.62 Å². The first-order chi connectivity index (χ1) is 14.1. The predicted molar refractivity (Wildman–Crippen MR) is 117 cm³/mol. The van der Waals surface area contributed by atoms with Crippen LogP contribution in [0.25, 0.3) is 11.1 Å². The summed E-state index contributed by atoms with van der Waals surface area (Å²) in [5.74, 6) is 0. The number of hydrogen-bond donors (Lipinski definition) is 1. The molecule has 2 heterocycles. The molecule has 1 atom stereocenters. The van der Waals surface area contributed by atoms with Crippen LogP contribution in [-0.4, -0.2) is 46.2 Å². The number of ether oxygens (including phenoxy) is 1. The van der Waals surface area contributed by atoms with Gasteiger partial charge in [-0.1, -0.05) is 42.5 Å². The third-order valence-corrected chi connectivity index (χ3v) is 7.29. The van der Waals surface area contributed by atoms with Gasteiger partial charge < -0.3 is 4.74 Å². The zero-order valence-electron chi connectivity index (χ0n) is 16.0. The zero-order valence-corrected chi connectivity index (χ0v) is 17.7. The van der Waals surface area contributed by atoms with Crippen molar-refractivity contribution in [3.63, 3.8) is 0 Å². The van der Waals surface area contributed by atoms with Gasteiger partial charge in [-0.05, 0) is 45.6 Å². The molecule has 0 spiro atoms. The molecule has 0 radical (unpaired) electrons. The predicted octanol–water partition coefficient (Wildman–Crippen LogP) is 3.77. The van der Waals surface area contributed by atoms with Crippen LogP contribution in [0.5, 0.6) is 0 Å². The lowest BCUT2D eigenvalue weighted by Gasteiger charge is -2.34. The van der Waals surface area contributed by atoms with E-state index in [0.29, 0.717) is 19.8 Å². The van der Waals surface area contributed by atoms with Crippen LogP contribution < -0.4 is 4.72 Å². The van der Waals surface area contributed by atoms with Crippen molar-refractivity contribution in [3.8, 4) is 11.1 Å². The van der Waals surface area contributed by atoms with Crippen molar-refractivity contribution in [2.75, 3.05) is 32.8 Å². The molecule has 1 unspecified atom stereocenters. The molecule has 5 nitrogen and oxygen atoms in total. The van der Waals surface area contributed by atoms with E-state index in [-0.39, 0.29) is 10.9 Å². The minimum absolute atomic E-state index is 0.00326. The summed E-state index contributed by atoms with van der Waals surface area (Å²) in [5, 5.41) is 4.11. The lowest BCUT2D eigenvalue weighted by molar-refractivity contribution is 0.0173. The molecule has 1 aliphatic heterocycles. The van der Waals surface area contributed by atoms with Gasteiger partial charge in [-0.3, -0.25) is 4.90 Å². The average molecular weight is 429 g/mol. The molecule has 1 aliphatic rings. The molecule has 152 valence electrons. The SMILES string of the molecule is O=S(=O)(NCC(c1ccsc1)N1CCOCC1)c1ccc(-c2ccccc2)cc1. The molecule has 1 aromatic heterocycles. The molecule has 1 fully saturated rings. The molecule has 29 heavy (non-hydrogen) atoms. The van der Waals surface area contributed by atoms with Gasteiger partial charge in [-0.2, -0.15) is 11.3 Å². The van der Waals surface area contributed by atoms with Crippen molar-refractivity contribution < 1.29 is 13.2 Å². The molecule has 0 amide bonds. The van der Waals surface area contributed by atoms with E-state index in [1.54, 1.807) is 23.5 Å². The summed E-state index contributed by atoms with van der Waals surface area (Å²) in [7, 11) is -3.59. The topological polar surface area (TPSA) is 58.6 Å². The van der Waals surface area contributed by atoms with Crippen LogP contribution in [0.3, 0.4) is 0 Å². The van der Waals surface area contributed by atoms with Gasteiger partial charge in [-0.25, -0.2) is 13.1 Å². The maximum atomic E-state index is 12.9. The Morgan fingerprint density at radius 2 is 1.66 bits per heavy atom. The molecular formula is C22H24N2O3S2. The standard InChI is InChI=1S/C22H24N2O3S2/c25-29(26,21-8-6-19(7-9-21)18-4-2-1-3-5-18)23-16-22(20-10-15-28-17-20)24-11-13-27-14-12-24/h1-10,15,17,22-23H,11-14,16H2. The van der Waals surface area contributed by atoms with Crippen LogP contribution in [0.4, 0.5) is 0 Å². The largest absolute Gasteiger partial charge is 0.379 e. The van der Waals surface area contributed by atoms with Crippen molar-refractivity contribution in [3.05, 3.63) is 77.0 Å². The van der Waals surface area contributed by atoms with Crippen LogP contribution in [-0.2, 0) is 14.8 Å². The zero-order chi connectivity index (χ0) is 20.1. The molecule has 0 aliphatic carbocycles. The van der Waals surface area contributed by atoms with E-state index < -0.39 is 10.0 Å². The molecular weight excluding hydrogens is 404 g/mol. The van der Waals surface area contributed by atoms with E-state index in [1.807, 2.05) is 47.8 Å². The number of benzene rings is 2. The highest BCUT2D eigenvalue weighted by molar-refractivity contribution is 7.89. The Hall–Kier alpha value is -2.03. The van der Waals surface area contributed by atoms with Crippen LogP contribution in [0.2, 0.25) is 0 Å². The van der Waals surface area contributed by atoms with Crippen LogP contribution in [0, 0.1) is 0 Å². The van der Waals surface area contributed by atoms with Crippen LogP contribution in [0.15, 0.2) is 76.3 Å². The highest BCUT2D eigenvalue weighted by Gasteiger charge is 2.25. The van der Waals surface area contributed by atoms with Gasteiger partial charge in [0.15, 0.2) is 0 Å². The lowest BCUT2D eigenvalue weighted by atomic mass is 10.1. The molecule has 0 bridgehead atoms. The molecule has 1 N–H and O–H groups in total. The van der Waals surface area contributed by atoms with Gasteiger partial charge in [0.2, 0.25) is 10.0 Å². The summed E-state index contributed by atoms with van der Waals surface area (Å²) in [6, 6.07) is 19.0. The van der Waals surface area contributed by atoms with Crippen LogP contribution >= 0.6 is 11.3 Å². The van der Waals surface area contributed by atoms with Gasteiger partial charge in [0.1, 0.15) is 0 Å². The second-order valence-electron chi connectivity index (χ2n) is 6.96. The number of thiophene rings is 1. The fraction of sp³-hybridized carbons (Fsp3) is 0.273. The van der Waals surface area contributed by atoms with Gasteiger partial charge in [0, 0.05) is 25.7 Å². The van der Waals surface area contributed by atoms with Crippen LogP contribution in [0.1, 0.15) is 11.6 Å². The Kier molecular flexibility index (Phi) is 6.42. The van der Waals surface area contributed by atoms with Crippen molar-refractivity contribution in [2.45, 2.75) is 10.9 Å². The second-order valence-corrected chi connectivity index (χ2v) is 9.51. The van der Waals surface area contributed by atoms with Gasteiger partial charge >= 0.3 is 0 Å². The Balaban J connectivity index is 1.48. The van der Waals surface area contributed by atoms with E-state index in [0.717, 1.165) is 29.8 Å². The summed E-state index contributed by atoms with van der Waals surface area (Å²) >= 11 is 1.63. The van der Waals surface area contributed by atoms with Crippen molar-refractivity contribution in [1.29, 1.82) is 0 Å². The first kappa shape index (κ1) is 20.3. The Morgan fingerprint density at radius 3 is 2.31 bits per heavy atom. The van der Waals surface area contributed by atoms with Gasteiger partial charge in [0.05, 0.1) is 18.1 Å². The third kappa shape index (κ3) is 4.94. The number of nitrogens with one attached hydrogen (secondary N) is 1. The normalized spacial score (nSPS) is 16.6. The molecule has 7 heteroatoms. The van der Waals surface area contributed by atoms with Gasteiger partial charge in [-0.15, -0.1) is 0 Å². The smallest absolute Gasteiger partial charge is 0.240 e. The van der Waals surface area contributed by atoms with E-state index in [9.17, 15) is 8.42 Å². The highest BCUT2D eigenvalue weighted by atomic mass is 32.2. The second kappa shape index (κ2) is 9.19. The average Bonchev–Trinajstić information content (AvgIpc) is 3.30. The Bertz CT molecular complexity index is 998. The quantitative estimate of drug-likeness (QED) is 0.622. The van der Waals surface area contributed by atoms with E-state index in [1.165, 1.54) is 0 Å². The van der Waals surface area contributed by atoms with Gasteiger partial charge in [0.25, 0.3) is 0 Å². The highest BCUT2D eigenvalue weighted by Crippen LogP contribution is 2.25. The third-order valence-electron chi connectivity index (χ3n) is 5.15. The monoisotopic (exact) mass is 428 g/mol.